The van der Waals surface area contributed by atoms with E-state index in [1.54, 1.807) is 6.07 Å². The fourth-order valence-electron chi connectivity index (χ4n) is 3.32. The Morgan fingerprint density at radius 1 is 1.29 bits per heavy atom. The number of benzene rings is 1. The van der Waals surface area contributed by atoms with Crippen molar-refractivity contribution in [1.82, 2.24) is 4.90 Å². The Kier molecular flexibility index (Phi) is 4.45. The summed E-state index contributed by atoms with van der Waals surface area (Å²) in [5, 5.41) is 1.02. The third-order valence-corrected chi connectivity index (χ3v) is 4.77. The van der Waals surface area contributed by atoms with Gasteiger partial charge in [0.25, 0.3) is 0 Å². The topological polar surface area (TPSA) is 33.5 Å². The maximum atomic E-state index is 11.7. The van der Waals surface area contributed by atoms with E-state index in [4.69, 9.17) is 4.42 Å². The summed E-state index contributed by atoms with van der Waals surface area (Å²) in [4.78, 5) is 14.1. The van der Waals surface area contributed by atoms with Crippen LogP contribution in [0.3, 0.4) is 0 Å². The van der Waals surface area contributed by atoms with Crippen LogP contribution in [-0.4, -0.2) is 18.5 Å². The number of fused-ring (bicyclic) bond motifs is 1. The summed E-state index contributed by atoms with van der Waals surface area (Å²) >= 11 is 3.42. The van der Waals surface area contributed by atoms with Crippen LogP contribution in [0.4, 0.5) is 0 Å². The Hall–Kier alpha value is -1.13. The van der Waals surface area contributed by atoms with E-state index in [0.29, 0.717) is 5.58 Å². The van der Waals surface area contributed by atoms with Gasteiger partial charge < -0.3 is 9.32 Å². The van der Waals surface area contributed by atoms with Gasteiger partial charge in [0.05, 0.1) is 0 Å². The smallest absolute Gasteiger partial charge is 0.336 e. The molecule has 21 heavy (non-hydrogen) atoms. The number of nitrogens with zero attached hydrogens (tertiary/aromatic N) is 1. The van der Waals surface area contributed by atoms with Crippen molar-refractivity contribution in [3.63, 3.8) is 0 Å². The Bertz CT molecular complexity index is 689. The van der Waals surface area contributed by atoms with Gasteiger partial charge in [-0.15, -0.1) is 0 Å². The maximum absolute atomic E-state index is 11.7. The fraction of sp³-hybridized carbons (Fsp3) is 0.471. The normalized spacial score (nSPS) is 16.1. The first-order chi connectivity index (χ1) is 10.1. The lowest BCUT2D eigenvalue weighted by Crippen LogP contribution is -2.24. The van der Waals surface area contributed by atoms with Crippen LogP contribution in [0.1, 0.15) is 31.2 Å². The van der Waals surface area contributed by atoms with Gasteiger partial charge in [0.1, 0.15) is 5.58 Å². The predicted octanol–water partition coefficient (Wildman–Crippen LogP) is 4.18. The van der Waals surface area contributed by atoms with E-state index < -0.39 is 0 Å². The lowest BCUT2D eigenvalue weighted by atomic mass is 10.1. The molecule has 1 fully saturated rings. The molecule has 0 amide bonds. The number of halogens is 1. The molecule has 0 spiro atoms. The summed E-state index contributed by atoms with van der Waals surface area (Å²) in [6.45, 7) is 1.90. The maximum Gasteiger partial charge on any atom is 0.336 e. The zero-order valence-electron chi connectivity index (χ0n) is 12.3. The van der Waals surface area contributed by atoms with E-state index in [1.165, 1.54) is 25.7 Å². The van der Waals surface area contributed by atoms with Gasteiger partial charge in [0.2, 0.25) is 0 Å². The zero-order valence-corrected chi connectivity index (χ0v) is 13.9. The third-order valence-electron chi connectivity index (χ3n) is 4.28. The van der Waals surface area contributed by atoms with Crippen molar-refractivity contribution < 1.29 is 4.42 Å². The van der Waals surface area contributed by atoms with Crippen LogP contribution in [0.5, 0.6) is 0 Å². The average Bonchev–Trinajstić information content (AvgIpc) is 2.90. The van der Waals surface area contributed by atoms with Crippen molar-refractivity contribution in [3.05, 3.63) is 44.7 Å². The third kappa shape index (κ3) is 3.55. The van der Waals surface area contributed by atoms with Gasteiger partial charge in [-0.25, -0.2) is 4.79 Å². The molecule has 2 aromatic rings. The first kappa shape index (κ1) is 14.8. The van der Waals surface area contributed by atoms with E-state index >= 15 is 0 Å². The van der Waals surface area contributed by atoms with Crippen LogP contribution in [0.25, 0.3) is 11.0 Å². The van der Waals surface area contributed by atoms with Crippen LogP contribution in [0.15, 0.2) is 37.9 Å². The summed E-state index contributed by atoms with van der Waals surface area (Å²) in [6, 6.07) is 7.49. The second-order valence-corrected chi connectivity index (χ2v) is 6.99. The van der Waals surface area contributed by atoms with Crippen LogP contribution >= 0.6 is 15.9 Å². The Balaban J connectivity index is 1.83. The quantitative estimate of drug-likeness (QED) is 0.776. The second-order valence-electron chi connectivity index (χ2n) is 6.08. The Morgan fingerprint density at radius 2 is 2.05 bits per heavy atom. The van der Waals surface area contributed by atoms with Gasteiger partial charge in [-0.05, 0) is 49.6 Å². The van der Waals surface area contributed by atoms with Crippen LogP contribution in [-0.2, 0) is 6.54 Å². The van der Waals surface area contributed by atoms with Gasteiger partial charge in [-0.3, -0.25) is 0 Å². The molecule has 3 nitrogen and oxygen atoms in total. The van der Waals surface area contributed by atoms with Crippen LogP contribution in [0, 0.1) is 5.92 Å². The SMILES string of the molecule is CN(Cc1cc(=O)oc2cc(Br)ccc12)CC1CCCC1. The molecule has 0 atom stereocenters. The molecular weight excluding hydrogens is 330 g/mol. The molecule has 0 saturated heterocycles. The first-order valence-electron chi connectivity index (χ1n) is 7.52. The lowest BCUT2D eigenvalue weighted by molar-refractivity contribution is 0.271. The van der Waals surface area contributed by atoms with Crippen molar-refractivity contribution in [2.24, 2.45) is 5.92 Å². The molecule has 4 heteroatoms. The molecule has 1 aromatic heterocycles. The first-order valence-corrected chi connectivity index (χ1v) is 8.32. The van der Waals surface area contributed by atoms with Crippen LogP contribution < -0.4 is 5.63 Å². The summed E-state index contributed by atoms with van der Waals surface area (Å²) in [5.41, 5.74) is 1.43. The molecule has 1 aliphatic rings. The van der Waals surface area contributed by atoms with E-state index in [-0.39, 0.29) is 5.63 Å². The molecule has 1 saturated carbocycles. The highest BCUT2D eigenvalue weighted by atomic mass is 79.9. The van der Waals surface area contributed by atoms with E-state index in [9.17, 15) is 4.79 Å². The molecule has 3 rings (SSSR count). The predicted molar refractivity (Wildman–Crippen MR) is 88.5 cm³/mol. The minimum atomic E-state index is -0.273. The number of hydrogen-bond donors (Lipinski definition) is 0. The molecular formula is C17H20BrNO2. The molecule has 0 N–H and O–H groups in total. The number of hydrogen-bond acceptors (Lipinski definition) is 3. The van der Waals surface area contributed by atoms with Gasteiger partial charge >= 0.3 is 5.63 Å². The zero-order chi connectivity index (χ0) is 14.8. The minimum Gasteiger partial charge on any atom is -0.423 e. The molecule has 0 unspecified atom stereocenters. The van der Waals surface area contributed by atoms with Crippen molar-refractivity contribution in [1.29, 1.82) is 0 Å². The molecule has 0 aliphatic heterocycles. The Morgan fingerprint density at radius 3 is 2.81 bits per heavy atom. The summed E-state index contributed by atoms with van der Waals surface area (Å²) < 4.78 is 6.22. The monoisotopic (exact) mass is 349 g/mol. The highest BCUT2D eigenvalue weighted by Gasteiger charge is 2.17. The Labute approximate surface area is 133 Å². The van der Waals surface area contributed by atoms with Gasteiger partial charge in [-0.1, -0.05) is 28.8 Å². The van der Waals surface area contributed by atoms with Gasteiger partial charge in [-0.2, -0.15) is 0 Å². The van der Waals surface area contributed by atoms with Crippen LogP contribution in [0.2, 0.25) is 0 Å². The van der Waals surface area contributed by atoms with Crippen molar-refractivity contribution in [2.45, 2.75) is 32.2 Å². The van der Waals surface area contributed by atoms with E-state index in [1.807, 2.05) is 18.2 Å². The van der Waals surface area contributed by atoms with Crippen molar-refractivity contribution in [2.75, 3.05) is 13.6 Å². The summed E-state index contributed by atoms with van der Waals surface area (Å²) in [6.07, 6.45) is 5.42. The summed E-state index contributed by atoms with van der Waals surface area (Å²) in [5.74, 6) is 0.815. The largest absolute Gasteiger partial charge is 0.423 e. The van der Waals surface area contributed by atoms with Crippen molar-refractivity contribution >= 4 is 26.9 Å². The van der Waals surface area contributed by atoms with Gasteiger partial charge in [0, 0.05) is 29.0 Å². The minimum absolute atomic E-state index is 0.273. The highest BCUT2D eigenvalue weighted by molar-refractivity contribution is 9.10. The van der Waals surface area contributed by atoms with Gasteiger partial charge in [0.15, 0.2) is 0 Å². The average molecular weight is 350 g/mol. The number of rotatable bonds is 4. The molecule has 1 aromatic carbocycles. The highest BCUT2D eigenvalue weighted by Crippen LogP contribution is 2.26. The van der Waals surface area contributed by atoms with E-state index in [0.717, 1.165) is 34.4 Å². The van der Waals surface area contributed by atoms with Crippen molar-refractivity contribution in [3.8, 4) is 0 Å². The molecule has 112 valence electrons. The molecule has 1 heterocycles. The molecule has 1 aliphatic carbocycles. The van der Waals surface area contributed by atoms with E-state index in [2.05, 4.69) is 27.9 Å². The molecule has 0 radical (unpaired) electrons. The standard InChI is InChI=1S/C17H20BrNO2/c1-19(10-12-4-2-3-5-12)11-13-8-17(20)21-16-9-14(18)6-7-15(13)16/h6-9,12H,2-5,10-11H2,1H3. The lowest BCUT2D eigenvalue weighted by Gasteiger charge is -2.21. The fourth-order valence-corrected chi connectivity index (χ4v) is 3.66. The molecule has 0 bridgehead atoms. The summed E-state index contributed by atoms with van der Waals surface area (Å²) in [7, 11) is 2.14. The second kappa shape index (κ2) is 6.32.